The van der Waals surface area contributed by atoms with Gasteiger partial charge in [-0.15, -0.1) is 12.4 Å². The lowest BCUT2D eigenvalue weighted by Crippen LogP contribution is -2.48. The van der Waals surface area contributed by atoms with Gasteiger partial charge in [0.25, 0.3) is 5.91 Å². The minimum absolute atomic E-state index is 0. The van der Waals surface area contributed by atoms with Crippen LogP contribution in [0.2, 0.25) is 0 Å². The molecule has 4 nitrogen and oxygen atoms in total. The van der Waals surface area contributed by atoms with Crippen molar-refractivity contribution in [1.29, 1.82) is 0 Å². The summed E-state index contributed by atoms with van der Waals surface area (Å²) in [5.74, 6) is 1.08. The number of aromatic nitrogens is 1. The Kier molecular flexibility index (Phi) is 6.31. The normalized spacial score (nSPS) is 14.1. The summed E-state index contributed by atoms with van der Waals surface area (Å²) in [7, 11) is 0. The van der Waals surface area contributed by atoms with E-state index in [9.17, 15) is 4.79 Å². The summed E-state index contributed by atoms with van der Waals surface area (Å²) < 4.78 is 2.17. The van der Waals surface area contributed by atoms with Gasteiger partial charge in [-0.2, -0.15) is 0 Å². The average molecular weight is 362 g/mol. The van der Waals surface area contributed by atoms with Crippen molar-refractivity contribution in [2.75, 3.05) is 19.6 Å². The molecule has 25 heavy (non-hydrogen) atoms. The molecule has 0 unspecified atom stereocenters. The van der Waals surface area contributed by atoms with Gasteiger partial charge < -0.3 is 15.2 Å². The zero-order valence-electron chi connectivity index (χ0n) is 15.4. The summed E-state index contributed by atoms with van der Waals surface area (Å²) in [6.45, 7) is 11.2. The predicted octanol–water partition coefficient (Wildman–Crippen LogP) is 3.59. The summed E-state index contributed by atoms with van der Waals surface area (Å²) >= 11 is 0. The monoisotopic (exact) mass is 361 g/mol. The van der Waals surface area contributed by atoms with Crippen LogP contribution in [0.15, 0.2) is 30.3 Å². The first-order chi connectivity index (χ1) is 11.5. The maximum atomic E-state index is 12.5. The van der Waals surface area contributed by atoms with E-state index in [1.807, 2.05) is 13.0 Å². The molecule has 0 radical (unpaired) electrons. The van der Waals surface area contributed by atoms with Crippen molar-refractivity contribution in [2.45, 2.75) is 33.6 Å². The molecule has 1 amide bonds. The van der Waals surface area contributed by atoms with E-state index in [1.54, 1.807) is 0 Å². The van der Waals surface area contributed by atoms with E-state index in [0.717, 1.165) is 42.3 Å². The molecule has 2 aromatic rings. The molecule has 0 spiro atoms. The van der Waals surface area contributed by atoms with Crippen LogP contribution in [0, 0.1) is 19.8 Å². The third-order valence-corrected chi connectivity index (χ3v) is 4.89. The molecule has 5 heteroatoms. The fourth-order valence-electron chi connectivity index (χ4n) is 3.24. The van der Waals surface area contributed by atoms with E-state index in [0.29, 0.717) is 11.8 Å². The van der Waals surface area contributed by atoms with Gasteiger partial charge in [-0.25, -0.2) is 0 Å². The maximum absolute atomic E-state index is 12.5. The fourth-order valence-corrected chi connectivity index (χ4v) is 3.24. The Morgan fingerprint density at radius 1 is 1.28 bits per heavy atom. The molecular formula is C20H28ClN3O. The number of amides is 1. The van der Waals surface area contributed by atoms with E-state index in [2.05, 4.69) is 60.2 Å². The highest BCUT2D eigenvalue weighted by Gasteiger charge is 2.20. The van der Waals surface area contributed by atoms with Gasteiger partial charge in [0.15, 0.2) is 0 Å². The van der Waals surface area contributed by atoms with E-state index in [1.165, 1.54) is 5.56 Å². The van der Waals surface area contributed by atoms with Crippen molar-refractivity contribution in [3.63, 3.8) is 0 Å². The summed E-state index contributed by atoms with van der Waals surface area (Å²) in [5.41, 5.74) is 5.29. The molecule has 3 rings (SSSR count). The van der Waals surface area contributed by atoms with E-state index >= 15 is 0 Å². The van der Waals surface area contributed by atoms with Crippen LogP contribution in [0.4, 0.5) is 0 Å². The second kappa shape index (κ2) is 8.07. The molecule has 1 saturated heterocycles. The minimum atomic E-state index is 0. The van der Waals surface area contributed by atoms with Crippen LogP contribution < -0.4 is 10.6 Å². The largest absolute Gasteiger partial charge is 0.352 e. The molecule has 0 bridgehead atoms. The van der Waals surface area contributed by atoms with E-state index in [4.69, 9.17) is 0 Å². The van der Waals surface area contributed by atoms with Crippen LogP contribution in [0.5, 0.6) is 0 Å². The van der Waals surface area contributed by atoms with Crippen molar-refractivity contribution in [2.24, 2.45) is 5.92 Å². The summed E-state index contributed by atoms with van der Waals surface area (Å²) in [5, 5.41) is 6.30. The quantitative estimate of drug-likeness (QED) is 0.854. The van der Waals surface area contributed by atoms with Crippen LogP contribution in [0.3, 0.4) is 0 Å². The fraction of sp³-hybridized carbons (Fsp3) is 0.450. The molecule has 136 valence electrons. The molecule has 0 atom stereocenters. The molecule has 1 aliphatic rings. The number of benzene rings is 1. The van der Waals surface area contributed by atoms with Gasteiger partial charge in [0.05, 0.1) is 5.56 Å². The Hall–Kier alpha value is -1.78. The number of hydrogen-bond acceptors (Lipinski definition) is 2. The summed E-state index contributed by atoms with van der Waals surface area (Å²) in [6.07, 6.45) is 0. The molecule has 2 N–H and O–H groups in total. The third-order valence-electron chi connectivity index (χ3n) is 4.89. The van der Waals surface area contributed by atoms with Gasteiger partial charge in [-0.3, -0.25) is 4.79 Å². The summed E-state index contributed by atoms with van der Waals surface area (Å²) in [4.78, 5) is 12.5. The van der Waals surface area contributed by atoms with Crippen LogP contribution in [-0.2, 0) is 0 Å². The van der Waals surface area contributed by atoms with Crippen LogP contribution in [0.25, 0.3) is 5.69 Å². The number of nitrogens with one attached hydrogen (secondary N) is 2. The first-order valence-electron chi connectivity index (χ1n) is 8.75. The Bertz CT molecular complexity index is 747. The first kappa shape index (κ1) is 19.5. The molecule has 1 aliphatic heterocycles. The minimum Gasteiger partial charge on any atom is -0.352 e. The van der Waals surface area contributed by atoms with Gasteiger partial charge in [0, 0.05) is 42.6 Å². The Labute approximate surface area is 156 Å². The highest BCUT2D eigenvalue weighted by Crippen LogP contribution is 2.24. The zero-order chi connectivity index (χ0) is 17.3. The standard InChI is InChI=1S/C20H27N3O.ClH/c1-13(2)17-6-5-7-18(9-17)23-14(3)8-19(15(23)4)20(24)22-12-16-10-21-11-16;/h5-9,13,16,21H,10-12H2,1-4H3,(H,22,24);1H. The molecule has 2 heterocycles. The number of carbonyl (C=O) groups is 1. The molecule has 1 fully saturated rings. The maximum Gasteiger partial charge on any atom is 0.253 e. The number of nitrogens with zero attached hydrogens (tertiary/aromatic N) is 1. The number of halogens is 1. The molecule has 0 saturated carbocycles. The second-order valence-corrected chi connectivity index (χ2v) is 7.10. The van der Waals surface area contributed by atoms with Crippen molar-refractivity contribution in [3.8, 4) is 5.69 Å². The number of aryl methyl sites for hydroxylation is 1. The highest BCUT2D eigenvalue weighted by molar-refractivity contribution is 5.95. The Balaban J connectivity index is 0.00000225. The van der Waals surface area contributed by atoms with Gasteiger partial charge in [-0.1, -0.05) is 26.0 Å². The predicted molar refractivity (Wildman–Crippen MR) is 105 cm³/mol. The Morgan fingerprint density at radius 3 is 2.60 bits per heavy atom. The topological polar surface area (TPSA) is 46.1 Å². The van der Waals surface area contributed by atoms with Crippen molar-refractivity contribution in [1.82, 2.24) is 15.2 Å². The van der Waals surface area contributed by atoms with Gasteiger partial charge >= 0.3 is 0 Å². The smallest absolute Gasteiger partial charge is 0.253 e. The molecule has 1 aromatic carbocycles. The number of rotatable bonds is 5. The molecule has 0 aliphatic carbocycles. The van der Waals surface area contributed by atoms with Crippen molar-refractivity contribution < 1.29 is 4.79 Å². The molecular weight excluding hydrogens is 334 g/mol. The lowest BCUT2D eigenvalue weighted by Gasteiger charge is -2.27. The molecule has 1 aromatic heterocycles. The van der Waals surface area contributed by atoms with Crippen molar-refractivity contribution in [3.05, 3.63) is 52.8 Å². The van der Waals surface area contributed by atoms with Crippen LogP contribution in [0.1, 0.15) is 47.1 Å². The summed E-state index contributed by atoms with van der Waals surface area (Å²) in [6, 6.07) is 10.6. The highest BCUT2D eigenvalue weighted by atomic mass is 35.5. The average Bonchev–Trinajstić information content (AvgIpc) is 2.80. The Morgan fingerprint density at radius 2 is 2.00 bits per heavy atom. The van der Waals surface area contributed by atoms with Crippen molar-refractivity contribution >= 4 is 18.3 Å². The van der Waals surface area contributed by atoms with Gasteiger partial charge in [0.2, 0.25) is 0 Å². The SMILES string of the molecule is Cc1cc(C(=O)NCC2CNC2)c(C)n1-c1cccc(C(C)C)c1.Cl. The first-order valence-corrected chi connectivity index (χ1v) is 8.75. The second-order valence-electron chi connectivity index (χ2n) is 7.10. The third kappa shape index (κ3) is 4.07. The number of carbonyl (C=O) groups excluding carboxylic acids is 1. The van der Waals surface area contributed by atoms with E-state index in [-0.39, 0.29) is 18.3 Å². The lowest BCUT2D eigenvalue weighted by molar-refractivity contribution is 0.0941. The van der Waals surface area contributed by atoms with E-state index < -0.39 is 0 Å². The lowest BCUT2D eigenvalue weighted by atomic mass is 10.0. The van der Waals surface area contributed by atoms with Gasteiger partial charge in [0.1, 0.15) is 0 Å². The van der Waals surface area contributed by atoms with Gasteiger partial charge in [-0.05, 0) is 43.5 Å². The number of hydrogen-bond donors (Lipinski definition) is 2. The van der Waals surface area contributed by atoms with Crippen LogP contribution in [-0.4, -0.2) is 30.1 Å². The van der Waals surface area contributed by atoms with Crippen LogP contribution >= 0.6 is 12.4 Å². The zero-order valence-corrected chi connectivity index (χ0v) is 16.2.